The summed E-state index contributed by atoms with van der Waals surface area (Å²) in [5.41, 5.74) is 2.36. The molecule has 7 rings (SSSR count). The van der Waals surface area contributed by atoms with E-state index < -0.39 is 23.4 Å². The van der Waals surface area contributed by atoms with Crippen LogP contribution in [0.15, 0.2) is 103 Å². The molecule has 44 heavy (non-hydrogen) atoms. The third-order valence-corrected chi connectivity index (χ3v) is 8.92. The molecule has 3 aliphatic heterocycles. The second-order valence-electron chi connectivity index (χ2n) is 11.0. The maximum atomic E-state index is 14.9. The first kappa shape index (κ1) is 27.2. The van der Waals surface area contributed by atoms with Gasteiger partial charge >= 0.3 is 0 Å². The molecule has 4 aromatic rings. The van der Waals surface area contributed by atoms with Crippen molar-refractivity contribution in [1.29, 1.82) is 5.26 Å². The van der Waals surface area contributed by atoms with Crippen LogP contribution in [0.3, 0.4) is 0 Å². The van der Waals surface area contributed by atoms with Crippen LogP contribution in [0.25, 0.3) is 6.08 Å². The first-order valence-corrected chi connectivity index (χ1v) is 14.3. The summed E-state index contributed by atoms with van der Waals surface area (Å²) in [6.07, 6.45) is 3.77. The lowest BCUT2D eigenvalue weighted by Gasteiger charge is -2.38. The molecule has 4 atom stereocenters. The van der Waals surface area contributed by atoms with Crippen LogP contribution in [0.1, 0.15) is 43.4 Å². The van der Waals surface area contributed by atoms with Crippen molar-refractivity contribution in [3.63, 3.8) is 0 Å². The SMILES string of the molecule is COc1cccc(C(=O)C2C(C(=O)c3ccc(OCC#N)cc3)C3(C(=O)Nc4ccccc43)C3c4ccccc4C=CN23)c1. The van der Waals surface area contributed by atoms with E-state index in [1.165, 1.54) is 7.11 Å². The van der Waals surface area contributed by atoms with E-state index in [-0.39, 0.29) is 24.1 Å². The predicted octanol–water partition coefficient (Wildman–Crippen LogP) is 5.58. The van der Waals surface area contributed by atoms with Crippen molar-refractivity contribution >= 4 is 29.2 Å². The highest BCUT2D eigenvalue weighted by Crippen LogP contribution is 2.62. The summed E-state index contributed by atoms with van der Waals surface area (Å²) in [4.78, 5) is 46.1. The van der Waals surface area contributed by atoms with Gasteiger partial charge in [0.05, 0.1) is 19.1 Å². The molecule has 3 heterocycles. The Balaban J connectivity index is 1.48. The summed E-state index contributed by atoms with van der Waals surface area (Å²) in [7, 11) is 1.53. The van der Waals surface area contributed by atoms with Crippen LogP contribution in [-0.4, -0.2) is 42.1 Å². The van der Waals surface area contributed by atoms with Gasteiger partial charge in [0.25, 0.3) is 0 Å². The fraction of sp³-hybridized carbons (Fsp3) is 0.167. The van der Waals surface area contributed by atoms with Crippen molar-refractivity contribution in [3.8, 4) is 17.6 Å². The summed E-state index contributed by atoms with van der Waals surface area (Å²) >= 11 is 0. The number of carbonyl (C=O) groups excluding carboxylic acids is 3. The number of hydrogen-bond acceptors (Lipinski definition) is 7. The molecule has 1 N–H and O–H groups in total. The summed E-state index contributed by atoms with van der Waals surface area (Å²) in [6.45, 7) is -0.129. The highest BCUT2D eigenvalue weighted by atomic mass is 16.5. The quantitative estimate of drug-likeness (QED) is 0.284. The number of nitriles is 1. The van der Waals surface area contributed by atoms with Gasteiger partial charge in [-0.15, -0.1) is 0 Å². The number of nitrogens with zero attached hydrogens (tertiary/aromatic N) is 2. The van der Waals surface area contributed by atoms with Crippen molar-refractivity contribution in [3.05, 3.63) is 131 Å². The van der Waals surface area contributed by atoms with E-state index in [4.69, 9.17) is 14.7 Å². The Kier molecular flexibility index (Phi) is 6.51. The van der Waals surface area contributed by atoms with Crippen LogP contribution in [0.5, 0.6) is 11.5 Å². The Hall–Kier alpha value is -5.68. The van der Waals surface area contributed by atoms with Crippen molar-refractivity contribution in [2.75, 3.05) is 19.0 Å². The predicted molar refractivity (Wildman–Crippen MR) is 163 cm³/mol. The summed E-state index contributed by atoms with van der Waals surface area (Å²) in [5, 5.41) is 12.0. The Bertz CT molecular complexity index is 1890. The molecule has 0 aliphatic carbocycles. The molecule has 3 aliphatic rings. The summed E-state index contributed by atoms with van der Waals surface area (Å²) in [6, 6.07) is 28.8. The zero-order valence-corrected chi connectivity index (χ0v) is 23.8. The Labute approximate surface area is 254 Å². The van der Waals surface area contributed by atoms with Gasteiger partial charge in [-0.25, -0.2) is 0 Å². The number of para-hydroxylation sites is 1. The number of fused-ring (bicyclic) bond motifs is 6. The molecular formula is C36H27N3O5. The molecule has 0 bridgehead atoms. The van der Waals surface area contributed by atoms with Crippen LogP contribution in [-0.2, 0) is 10.2 Å². The highest BCUT2D eigenvalue weighted by molar-refractivity contribution is 6.16. The minimum Gasteiger partial charge on any atom is -0.497 e. The number of anilines is 1. The standard InChI is InChI=1S/C36H27N3O5/c1-43-26-9-6-8-24(21-26)33(41)31-30(32(40)23-13-15-25(16-14-23)44-20-18-37)36(28-11-4-5-12-29(28)38-35(36)42)34-27-10-3-2-7-22(27)17-19-39(31)34/h2-17,19,21,30-31,34H,20H2,1H3,(H,38,42). The lowest BCUT2D eigenvalue weighted by Crippen LogP contribution is -2.49. The normalized spacial score (nSPS) is 22.4. The smallest absolute Gasteiger partial charge is 0.238 e. The number of methoxy groups -OCH3 is 1. The molecule has 8 heteroatoms. The van der Waals surface area contributed by atoms with Gasteiger partial charge < -0.3 is 19.7 Å². The first-order chi connectivity index (χ1) is 21.5. The van der Waals surface area contributed by atoms with E-state index in [1.54, 1.807) is 48.5 Å². The number of benzene rings is 4. The minimum atomic E-state index is -1.43. The van der Waals surface area contributed by atoms with E-state index in [1.807, 2.05) is 71.8 Å². The van der Waals surface area contributed by atoms with Gasteiger partial charge in [-0.05, 0) is 65.2 Å². The number of ketones is 2. The van der Waals surface area contributed by atoms with Crippen LogP contribution >= 0.6 is 0 Å². The van der Waals surface area contributed by atoms with Crippen LogP contribution in [0.4, 0.5) is 5.69 Å². The lowest BCUT2D eigenvalue weighted by molar-refractivity contribution is -0.122. The monoisotopic (exact) mass is 581 g/mol. The number of Topliss-reactive ketones (excluding diaryl/α,β-unsaturated/α-hetero) is 2. The second-order valence-corrected chi connectivity index (χ2v) is 11.0. The van der Waals surface area contributed by atoms with Crippen LogP contribution < -0.4 is 14.8 Å². The number of amides is 1. The van der Waals surface area contributed by atoms with E-state index in [2.05, 4.69) is 5.32 Å². The van der Waals surface area contributed by atoms with Gasteiger partial charge in [-0.1, -0.05) is 54.6 Å². The van der Waals surface area contributed by atoms with Crippen molar-refractivity contribution in [2.24, 2.45) is 5.92 Å². The maximum Gasteiger partial charge on any atom is 0.238 e. The molecule has 4 aromatic carbocycles. The molecule has 1 spiro atoms. The second kappa shape index (κ2) is 10.5. The Morgan fingerprint density at radius 3 is 2.48 bits per heavy atom. The maximum absolute atomic E-state index is 14.9. The molecule has 1 amide bonds. The van der Waals surface area contributed by atoms with E-state index in [9.17, 15) is 14.4 Å². The van der Waals surface area contributed by atoms with Gasteiger partial charge in [0.15, 0.2) is 18.2 Å². The largest absolute Gasteiger partial charge is 0.497 e. The molecule has 1 fully saturated rings. The topological polar surface area (TPSA) is 109 Å². The summed E-state index contributed by atoms with van der Waals surface area (Å²) in [5.74, 6) is -1.11. The van der Waals surface area contributed by atoms with Gasteiger partial charge in [-0.3, -0.25) is 14.4 Å². The Morgan fingerprint density at radius 2 is 1.68 bits per heavy atom. The molecule has 0 aromatic heterocycles. The van der Waals surface area contributed by atoms with Gasteiger partial charge in [0, 0.05) is 23.0 Å². The first-order valence-electron chi connectivity index (χ1n) is 14.3. The summed E-state index contributed by atoms with van der Waals surface area (Å²) < 4.78 is 10.8. The fourth-order valence-corrected chi connectivity index (χ4v) is 7.13. The van der Waals surface area contributed by atoms with Gasteiger partial charge in [0.2, 0.25) is 5.91 Å². The molecule has 0 radical (unpaired) electrons. The average Bonchev–Trinajstić information content (AvgIpc) is 3.55. The van der Waals surface area contributed by atoms with Crippen molar-refractivity contribution < 1.29 is 23.9 Å². The number of rotatable bonds is 7. The molecule has 4 unspecified atom stereocenters. The van der Waals surface area contributed by atoms with E-state index >= 15 is 0 Å². The van der Waals surface area contributed by atoms with Crippen molar-refractivity contribution in [1.82, 2.24) is 4.90 Å². The Morgan fingerprint density at radius 1 is 0.909 bits per heavy atom. The van der Waals surface area contributed by atoms with Crippen LogP contribution in [0, 0.1) is 17.2 Å². The zero-order valence-electron chi connectivity index (χ0n) is 23.8. The van der Waals surface area contributed by atoms with Crippen LogP contribution in [0.2, 0.25) is 0 Å². The highest BCUT2D eigenvalue weighted by Gasteiger charge is 2.70. The molecule has 8 nitrogen and oxygen atoms in total. The number of carbonyl (C=O) groups is 3. The third-order valence-electron chi connectivity index (χ3n) is 8.92. The van der Waals surface area contributed by atoms with E-state index in [0.29, 0.717) is 33.9 Å². The van der Waals surface area contributed by atoms with Gasteiger partial charge in [-0.2, -0.15) is 5.26 Å². The third kappa shape index (κ3) is 3.93. The van der Waals surface area contributed by atoms with E-state index in [0.717, 1.165) is 11.1 Å². The molecule has 0 saturated carbocycles. The number of ether oxygens (including phenoxy) is 2. The van der Waals surface area contributed by atoms with Crippen molar-refractivity contribution in [2.45, 2.75) is 17.5 Å². The molecule has 1 saturated heterocycles. The molecular weight excluding hydrogens is 554 g/mol. The lowest BCUT2D eigenvalue weighted by atomic mass is 9.62. The number of nitrogens with one attached hydrogen (secondary N) is 1. The van der Waals surface area contributed by atoms with Gasteiger partial charge in [0.1, 0.15) is 29.0 Å². The zero-order chi connectivity index (χ0) is 30.4. The fourth-order valence-electron chi connectivity index (χ4n) is 7.13. The minimum absolute atomic E-state index is 0.129. The number of hydrogen-bond donors (Lipinski definition) is 1. The molecule has 216 valence electrons. The average molecular weight is 582 g/mol.